The molecule has 0 heterocycles. The molecule has 2 N–H and O–H groups in total. The quantitative estimate of drug-likeness (QED) is 0.152. The number of unbranched alkanes of at least 4 members (excludes halogenated alkanes) is 7. The van der Waals surface area contributed by atoms with Crippen LogP contribution in [0.1, 0.15) is 114 Å². The number of hydrogen-bond donors (Lipinski definition) is 2. The number of phenols is 1. The molecule has 1 unspecified atom stereocenters. The highest BCUT2D eigenvalue weighted by Gasteiger charge is 2.60. The van der Waals surface area contributed by atoms with E-state index in [9.17, 15) is 32.2 Å². The third-order valence-electron chi connectivity index (χ3n) is 11.1. The molecule has 0 radical (unpaired) electrons. The van der Waals surface area contributed by atoms with Crippen LogP contribution in [0.15, 0.2) is 18.2 Å². The van der Waals surface area contributed by atoms with Crippen LogP contribution < -0.4 is 0 Å². The summed E-state index contributed by atoms with van der Waals surface area (Å²) in [6, 6.07) is 5.43. The Kier molecular flexibility index (Phi) is 11.4. The molecule has 2 fully saturated rings. The van der Waals surface area contributed by atoms with E-state index in [1.807, 2.05) is 12.1 Å². The van der Waals surface area contributed by atoms with Crippen LogP contribution >= 0.6 is 0 Å². The summed E-state index contributed by atoms with van der Waals surface area (Å²) >= 11 is 0. The van der Waals surface area contributed by atoms with Crippen LogP contribution in [0.5, 0.6) is 5.75 Å². The van der Waals surface area contributed by atoms with Gasteiger partial charge in [0.2, 0.25) is 0 Å². The Morgan fingerprint density at radius 3 is 2.21 bits per heavy atom. The molecule has 9 heteroatoms. The van der Waals surface area contributed by atoms with Crippen molar-refractivity contribution in [2.45, 2.75) is 134 Å². The molecule has 2 saturated carbocycles. The minimum Gasteiger partial charge on any atom is -0.508 e. The SMILES string of the molecule is CN(CCCCCCCC(F)(F)C(F)(F)F)CCCCCC[C@@H]1Cc2cc(O)ccc2[C@@H]2[C@@H]1[C@@H]1CCC(O)[C@@]1(C)C[C@@H]2F. The summed E-state index contributed by atoms with van der Waals surface area (Å²) in [5.41, 5.74) is 1.78. The molecule has 4 rings (SSSR count). The molecule has 0 bridgehead atoms. The Morgan fingerprint density at radius 1 is 0.907 bits per heavy atom. The van der Waals surface area contributed by atoms with Crippen LogP contribution in [-0.4, -0.2) is 59.6 Å². The number of rotatable bonds is 15. The number of phenolic OH excluding ortho intramolecular Hbond substituents is 1. The first-order valence-electron chi connectivity index (χ1n) is 16.5. The van der Waals surface area contributed by atoms with Crippen LogP contribution in [0, 0.1) is 23.2 Å². The normalized spacial score (nSPS) is 30.7. The molecule has 7 atom stereocenters. The van der Waals surface area contributed by atoms with Crippen molar-refractivity contribution in [3.63, 3.8) is 0 Å². The summed E-state index contributed by atoms with van der Waals surface area (Å²) in [6.45, 7) is 3.94. The number of benzene rings is 1. The van der Waals surface area contributed by atoms with Gasteiger partial charge in [0.25, 0.3) is 0 Å². The smallest absolute Gasteiger partial charge is 0.453 e. The van der Waals surface area contributed by atoms with E-state index in [1.165, 1.54) is 0 Å². The summed E-state index contributed by atoms with van der Waals surface area (Å²) in [5, 5.41) is 21.0. The average molecular weight is 620 g/mol. The summed E-state index contributed by atoms with van der Waals surface area (Å²) in [6.07, 6.45) is 2.97. The van der Waals surface area contributed by atoms with E-state index in [-0.39, 0.29) is 29.4 Å². The molecule has 246 valence electrons. The fourth-order valence-electron chi connectivity index (χ4n) is 8.69. The predicted octanol–water partition coefficient (Wildman–Crippen LogP) is 9.20. The second-order valence-corrected chi connectivity index (χ2v) is 14.1. The Labute approximate surface area is 253 Å². The highest BCUT2D eigenvalue weighted by molar-refractivity contribution is 5.41. The minimum atomic E-state index is -5.46. The van der Waals surface area contributed by atoms with Gasteiger partial charge in [0, 0.05) is 12.3 Å². The Hall–Kier alpha value is -1.48. The number of aliphatic hydroxyl groups is 1. The molecule has 0 saturated heterocycles. The van der Waals surface area contributed by atoms with E-state index in [0.717, 1.165) is 88.4 Å². The molecular weight excluding hydrogens is 568 g/mol. The van der Waals surface area contributed by atoms with Gasteiger partial charge in [-0.2, -0.15) is 22.0 Å². The topological polar surface area (TPSA) is 43.7 Å². The number of halogens is 6. The maximum atomic E-state index is 15.9. The highest BCUT2D eigenvalue weighted by atomic mass is 19.4. The van der Waals surface area contributed by atoms with Crippen molar-refractivity contribution in [3.8, 4) is 5.75 Å². The summed E-state index contributed by atoms with van der Waals surface area (Å²) < 4.78 is 78.5. The largest absolute Gasteiger partial charge is 0.508 e. The third kappa shape index (κ3) is 8.03. The summed E-state index contributed by atoms with van der Waals surface area (Å²) in [7, 11) is 2.06. The van der Waals surface area contributed by atoms with Crippen molar-refractivity contribution < 1.29 is 36.6 Å². The molecule has 3 aliphatic carbocycles. The maximum absolute atomic E-state index is 15.9. The zero-order valence-electron chi connectivity index (χ0n) is 25.8. The van der Waals surface area contributed by atoms with Gasteiger partial charge in [-0.1, -0.05) is 51.5 Å². The van der Waals surface area contributed by atoms with Crippen molar-refractivity contribution >= 4 is 0 Å². The molecule has 0 aromatic heterocycles. The number of aromatic hydroxyl groups is 1. The first-order chi connectivity index (χ1) is 20.2. The lowest BCUT2D eigenvalue weighted by Gasteiger charge is -2.54. The van der Waals surface area contributed by atoms with Crippen molar-refractivity contribution in [2.24, 2.45) is 23.2 Å². The molecule has 0 spiro atoms. The number of aliphatic hydroxyl groups excluding tert-OH is 1. The lowest BCUT2D eigenvalue weighted by molar-refractivity contribution is -0.284. The zero-order valence-corrected chi connectivity index (χ0v) is 25.8. The monoisotopic (exact) mass is 619 g/mol. The highest BCUT2D eigenvalue weighted by Crippen LogP contribution is 2.63. The Balaban J connectivity index is 1.16. The van der Waals surface area contributed by atoms with Crippen LogP contribution in [0.25, 0.3) is 0 Å². The average Bonchev–Trinajstić information content (AvgIpc) is 3.22. The van der Waals surface area contributed by atoms with E-state index in [0.29, 0.717) is 31.1 Å². The van der Waals surface area contributed by atoms with Gasteiger partial charge >= 0.3 is 12.1 Å². The summed E-state index contributed by atoms with van der Waals surface area (Å²) in [5.74, 6) is -3.63. The Bertz CT molecular complexity index is 1030. The number of fused-ring (bicyclic) bond motifs is 5. The molecule has 1 aromatic rings. The van der Waals surface area contributed by atoms with Crippen LogP contribution in [-0.2, 0) is 6.42 Å². The molecule has 3 aliphatic rings. The number of hydrogen-bond acceptors (Lipinski definition) is 3. The van der Waals surface area contributed by atoms with E-state index in [1.54, 1.807) is 6.07 Å². The maximum Gasteiger partial charge on any atom is 0.453 e. The molecule has 1 aromatic carbocycles. The third-order valence-corrected chi connectivity index (χ3v) is 11.1. The minimum absolute atomic E-state index is 0.115. The first kappa shape index (κ1) is 34.4. The second kappa shape index (κ2) is 14.3. The van der Waals surface area contributed by atoms with E-state index >= 15 is 4.39 Å². The molecular formula is C34H51F6NO2. The fraction of sp³-hybridized carbons (Fsp3) is 0.824. The van der Waals surface area contributed by atoms with Gasteiger partial charge in [-0.15, -0.1) is 0 Å². The van der Waals surface area contributed by atoms with Gasteiger partial charge in [-0.25, -0.2) is 4.39 Å². The van der Waals surface area contributed by atoms with Gasteiger partial charge in [-0.05, 0) is 118 Å². The lowest BCUT2D eigenvalue weighted by atomic mass is 9.51. The number of alkyl halides is 6. The Morgan fingerprint density at radius 2 is 1.53 bits per heavy atom. The fourth-order valence-corrected chi connectivity index (χ4v) is 8.69. The second-order valence-electron chi connectivity index (χ2n) is 14.1. The molecule has 0 amide bonds. The van der Waals surface area contributed by atoms with E-state index in [4.69, 9.17) is 0 Å². The lowest BCUT2D eigenvalue weighted by Crippen LogP contribution is -2.51. The van der Waals surface area contributed by atoms with Crippen molar-refractivity contribution in [1.29, 1.82) is 0 Å². The van der Waals surface area contributed by atoms with E-state index in [2.05, 4.69) is 18.9 Å². The van der Waals surface area contributed by atoms with Gasteiger partial charge in [0.15, 0.2) is 0 Å². The predicted molar refractivity (Wildman–Crippen MR) is 157 cm³/mol. The summed E-state index contributed by atoms with van der Waals surface area (Å²) in [4.78, 5) is 2.25. The van der Waals surface area contributed by atoms with Crippen molar-refractivity contribution in [1.82, 2.24) is 4.90 Å². The standard InChI is InChI=1S/C34H51F6NO2/c1-32-22-28(35)31-26-14-13-25(42)21-24(26)20-23(30(31)27(32)15-16-29(32)43)12-8-4-7-11-19-41(2)18-10-6-3-5-9-17-33(36,37)34(38,39)40/h13-14,21,23,27-31,42-43H,3-12,15-20,22H2,1-2H3/t23-,27+,28+,29?,30+,31+,32+/m1/s1. The van der Waals surface area contributed by atoms with Crippen LogP contribution in [0.4, 0.5) is 26.3 Å². The molecule has 3 nitrogen and oxygen atoms in total. The van der Waals surface area contributed by atoms with Crippen molar-refractivity contribution in [3.05, 3.63) is 29.3 Å². The van der Waals surface area contributed by atoms with Gasteiger partial charge < -0.3 is 15.1 Å². The number of nitrogens with zero attached hydrogens (tertiary/aromatic N) is 1. The van der Waals surface area contributed by atoms with Gasteiger partial charge in [0.05, 0.1) is 6.10 Å². The van der Waals surface area contributed by atoms with Gasteiger partial charge in [0.1, 0.15) is 11.9 Å². The van der Waals surface area contributed by atoms with Crippen LogP contribution in [0.3, 0.4) is 0 Å². The zero-order chi connectivity index (χ0) is 31.4. The first-order valence-corrected chi connectivity index (χ1v) is 16.5. The van der Waals surface area contributed by atoms with Gasteiger partial charge in [-0.3, -0.25) is 0 Å². The van der Waals surface area contributed by atoms with E-state index < -0.39 is 30.8 Å². The van der Waals surface area contributed by atoms with Crippen molar-refractivity contribution in [2.75, 3.05) is 20.1 Å². The molecule has 43 heavy (non-hydrogen) atoms. The van der Waals surface area contributed by atoms with Crippen LogP contribution in [0.2, 0.25) is 0 Å². The molecule has 0 aliphatic heterocycles.